The van der Waals surface area contributed by atoms with Crippen LogP contribution in [0.2, 0.25) is 0 Å². The number of benzene rings is 2. The average molecular weight is 602 g/mol. The molecule has 0 amide bonds. The van der Waals surface area contributed by atoms with E-state index in [1.54, 1.807) is 7.11 Å². The maximum absolute atomic E-state index is 13.9. The van der Waals surface area contributed by atoms with E-state index in [0.717, 1.165) is 42.8 Å². The number of aliphatic imine (C=N–C) groups is 1. The average Bonchev–Trinajstić information content (AvgIpc) is 3.14. The van der Waals surface area contributed by atoms with Crippen molar-refractivity contribution in [2.75, 3.05) is 33.4 Å². The maximum Gasteiger partial charge on any atom is 0.182 e. The number of amidine groups is 1. The molecule has 6 heteroatoms. The Labute approximate surface area is 246 Å². The van der Waals surface area contributed by atoms with Crippen LogP contribution in [0.3, 0.4) is 0 Å². The van der Waals surface area contributed by atoms with Gasteiger partial charge in [-0.25, -0.2) is 0 Å². The third kappa shape index (κ3) is 8.40. The summed E-state index contributed by atoms with van der Waals surface area (Å²) in [7, 11) is 1.70. The van der Waals surface area contributed by atoms with E-state index < -0.39 is 0 Å². The molecule has 0 aromatic heterocycles. The van der Waals surface area contributed by atoms with E-state index in [1.165, 1.54) is 5.56 Å². The number of Topliss-reactive ketones (excluding diaryl/α,β-unsaturated/α-hetero) is 1. The lowest BCUT2D eigenvalue weighted by molar-refractivity contribution is 0.0963. The minimum atomic E-state index is -0.284. The van der Waals surface area contributed by atoms with Crippen molar-refractivity contribution < 1.29 is 14.6 Å². The molecule has 1 aliphatic heterocycles. The van der Waals surface area contributed by atoms with Gasteiger partial charge in [0.15, 0.2) is 5.78 Å². The molecule has 2 atom stereocenters. The highest BCUT2D eigenvalue weighted by atomic mass is 79.9. The predicted molar refractivity (Wildman–Crippen MR) is 168 cm³/mol. The van der Waals surface area contributed by atoms with Gasteiger partial charge in [0.2, 0.25) is 0 Å². The van der Waals surface area contributed by atoms with Gasteiger partial charge in [0.05, 0.1) is 19.7 Å². The van der Waals surface area contributed by atoms with E-state index in [1.807, 2.05) is 12.1 Å². The van der Waals surface area contributed by atoms with Gasteiger partial charge in [-0.3, -0.25) is 9.79 Å². The molecule has 2 unspecified atom stereocenters. The first-order valence-electron chi connectivity index (χ1n) is 14.1. The highest BCUT2D eigenvalue weighted by Gasteiger charge is 2.39. The molecule has 0 aliphatic carbocycles. The summed E-state index contributed by atoms with van der Waals surface area (Å²) >= 11 is 0. The van der Waals surface area contributed by atoms with Crippen molar-refractivity contribution in [3.05, 3.63) is 64.7 Å². The molecule has 3 rings (SSSR count). The van der Waals surface area contributed by atoms with Gasteiger partial charge < -0.3 is 14.7 Å². The lowest BCUT2D eigenvalue weighted by Crippen LogP contribution is -2.34. The number of phenols is 1. The number of ether oxygens (including phenoxy) is 1. The van der Waals surface area contributed by atoms with Crippen LogP contribution in [0.5, 0.6) is 5.75 Å². The first kappa shape index (κ1) is 33.0. The maximum atomic E-state index is 13.9. The van der Waals surface area contributed by atoms with Crippen LogP contribution in [0.4, 0.5) is 0 Å². The number of carbonyl (C=O) groups excluding carboxylic acids is 1. The molecule has 0 saturated carbocycles. The molecular weight excluding hydrogens is 552 g/mol. The summed E-state index contributed by atoms with van der Waals surface area (Å²) in [6.45, 7) is 17.0. The molecule has 5 nitrogen and oxygen atoms in total. The minimum absolute atomic E-state index is 0. The summed E-state index contributed by atoms with van der Waals surface area (Å²) in [4.78, 5) is 21.1. The van der Waals surface area contributed by atoms with Crippen LogP contribution in [0, 0.1) is 11.8 Å². The zero-order valence-corrected chi connectivity index (χ0v) is 26.9. The van der Waals surface area contributed by atoms with Gasteiger partial charge in [-0.1, -0.05) is 85.2 Å². The molecular formula is C33H49BrN2O3. The summed E-state index contributed by atoms with van der Waals surface area (Å²) < 4.78 is 5.30. The Morgan fingerprint density at radius 1 is 1.05 bits per heavy atom. The number of rotatable bonds is 10. The fourth-order valence-corrected chi connectivity index (χ4v) is 5.56. The van der Waals surface area contributed by atoms with Gasteiger partial charge in [0.25, 0.3) is 0 Å². The normalized spacial score (nSPS) is 18.9. The molecule has 1 N–H and O–H groups in total. The molecule has 0 bridgehead atoms. The van der Waals surface area contributed by atoms with Crippen molar-refractivity contribution in [3.8, 4) is 5.75 Å². The van der Waals surface area contributed by atoms with E-state index in [2.05, 4.69) is 83.7 Å². The number of halogens is 1. The van der Waals surface area contributed by atoms with Crippen LogP contribution in [0.15, 0.2) is 47.5 Å². The molecule has 0 spiro atoms. The van der Waals surface area contributed by atoms with Crippen LogP contribution in [-0.2, 0) is 22.0 Å². The second-order valence-electron chi connectivity index (χ2n) is 12.8. The summed E-state index contributed by atoms with van der Waals surface area (Å²) in [6.07, 6.45) is 3.13. The Morgan fingerprint density at radius 2 is 1.64 bits per heavy atom. The molecule has 39 heavy (non-hydrogen) atoms. The van der Waals surface area contributed by atoms with Gasteiger partial charge in [-0.05, 0) is 47.3 Å². The fourth-order valence-electron chi connectivity index (χ4n) is 5.56. The molecule has 1 heterocycles. The quantitative estimate of drug-likeness (QED) is 0.228. The third-order valence-electron chi connectivity index (χ3n) is 7.59. The van der Waals surface area contributed by atoms with E-state index in [9.17, 15) is 9.90 Å². The Morgan fingerprint density at radius 3 is 2.15 bits per heavy atom. The zero-order valence-electron chi connectivity index (χ0n) is 25.2. The lowest BCUT2D eigenvalue weighted by Gasteiger charge is -2.28. The molecule has 2 aromatic rings. The summed E-state index contributed by atoms with van der Waals surface area (Å²) in [6, 6.07) is 14.4. The van der Waals surface area contributed by atoms with Crippen LogP contribution in [-0.4, -0.2) is 55.0 Å². The number of carbonyl (C=O) groups is 1. The third-order valence-corrected chi connectivity index (χ3v) is 7.59. The fraction of sp³-hybridized carbons (Fsp3) is 0.576. The molecule has 1 fully saturated rings. The van der Waals surface area contributed by atoms with Gasteiger partial charge in [0, 0.05) is 36.3 Å². The number of methoxy groups -OCH3 is 1. The van der Waals surface area contributed by atoms with E-state index in [4.69, 9.17) is 9.73 Å². The van der Waals surface area contributed by atoms with Crippen LogP contribution in [0.1, 0.15) is 88.4 Å². The number of likely N-dealkylation sites (tertiary alicyclic amines) is 1. The van der Waals surface area contributed by atoms with Gasteiger partial charge >= 0.3 is 0 Å². The Kier molecular flexibility index (Phi) is 11.8. The minimum Gasteiger partial charge on any atom is -0.507 e. The van der Waals surface area contributed by atoms with Crippen molar-refractivity contribution in [1.29, 1.82) is 0 Å². The van der Waals surface area contributed by atoms with Gasteiger partial charge in [-0.2, -0.15) is 0 Å². The van der Waals surface area contributed by atoms with Crippen molar-refractivity contribution in [1.82, 2.24) is 4.90 Å². The van der Waals surface area contributed by atoms with Gasteiger partial charge in [-0.15, -0.1) is 17.0 Å². The Bertz CT molecular complexity index is 1080. The topological polar surface area (TPSA) is 62.1 Å². The second kappa shape index (κ2) is 13.9. The molecule has 1 saturated heterocycles. The predicted octanol–water partition coefficient (Wildman–Crippen LogP) is 7.38. The highest BCUT2D eigenvalue weighted by Crippen LogP contribution is 2.40. The first-order chi connectivity index (χ1) is 17.9. The van der Waals surface area contributed by atoms with Crippen LogP contribution >= 0.6 is 17.0 Å². The largest absolute Gasteiger partial charge is 0.507 e. The van der Waals surface area contributed by atoms with Crippen LogP contribution < -0.4 is 0 Å². The smallest absolute Gasteiger partial charge is 0.182 e. The SMILES string of the molecule is Br.CCCC1CN(CC(=O)c2cc(C(C)(C)C)c(O)c(C(C)(C)C)c2)/C(=N/CCOC)C1Cc1ccccc1. The van der Waals surface area contributed by atoms with E-state index in [-0.39, 0.29) is 46.1 Å². The molecule has 0 radical (unpaired) electrons. The lowest BCUT2D eigenvalue weighted by atomic mass is 9.78. The summed E-state index contributed by atoms with van der Waals surface area (Å²) in [5.41, 5.74) is 3.02. The number of nitrogens with zero attached hydrogens (tertiary/aromatic N) is 2. The zero-order chi connectivity index (χ0) is 28.1. The standard InChI is InChI=1S/C33H48N2O3.BrH/c1-9-13-24-21-35(31(34-16-17-38-8)26(24)18-23-14-11-10-12-15-23)22-29(36)25-19-27(32(2,3)4)30(37)28(20-25)33(5,6)7;/h10-12,14-15,19-20,24,26,37H,9,13,16-18,21-22H2,1-8H3;1H/b34-31+;. The monoisotopic (exact) mass is 600 g/mol. The van der Waals surface area contributed by atoms with Gasteiger partial charge in [0.1, 0.15) is 11.6 Å². The molecule has 2 aromatic carbocycles. The van der Waals surface area contributed by atoms with Crippen molar-refractivity contribution in [2.45, 2.75) is 78.6 Å². The Hall–Kier alpha value is -2.18. The van der Waals surface area contributed by atoms with E-state index >= 15 is 0 Å². The summed E-state index contributed by atoms with van der Waals surface area (Å²) in [5.74, 6) is 2.12. The van der Waals surface area contributed by atoms with Crippen LogP contribution in [0.25, 0.3) is 0 Å². The summed E-state index contributed by atoms with van der Waals surface area (Å²) in [5, 5.41) is 11.1. The first-order valence-corrected chi connectivity index (χ1v) is 14.1. The van der Waals surface area contributed by atoms with Crippen molar-refractivity contribution in [2.24, 2.45) is 16.8 Å². The number of hydrogen-bond donors (Lipinski definition) is 1. The second-order valence-corrected chi connectivity index (χ2v) is 12.8. The molecule has 216 valence electrons. The Balaban J connectivity index is 0.00000533. The molecule has 1 aliphatic rings. The number of phenolic OH excluding ortho intramolecular Hbond substituents is 1. The number of hydrogen-bond acceptors (Lipinski definition) is 4. The van der Waals surface area contributed by atoms with Crippen molar-refractivity contribution >= 4 is 28.6 Å². The number of ketones is 1. The highest BCUT2D eigenvalue weighted by molar-refractivity contribution is 8.93. The van der Waals surface area contributed by atoms with Crippen molar-refractivity contribution in [3.63, 3.8) is 0 Å². The van der Waals surface area contributed by atoms with E-state index in [0.29, 0.717) is 30.4 Å². The number of aromatic hydroxyl groups is 1.